The first kappa shape index (κ1) is 22.3. The molecule has 1 fully saturated rings. The Labute approximate surface area is 176 Å². The number of rotatable bonds is 6. The molecule has 0 unspecified atom stereocenters. The molecule has 0 bridgehead atoms. The summed E-state index contributed by atoms with van der Waals surface area (Å²) in [7, 11) is 1.61. The quantitative estimate of drug-likeness (QED) is 0.408. The maximum atomic E-state index is 13.1. The number of thiazole rings is 1. The van der Waals surface area contributed by atoms with Crippen molar-refractivity contribution in [2.75, 3.05) is 51.2 Å². The zero-order chi connectivity index (χ0) is 21.6. The molecule has 1 aliphatic rings. The van der Waals surface area contributed by atoms with Crippen LogP contribution in [0.5, 0.6) is 0 Å². The summed E-state index contributed by atoms with van der Waals surface area (Å²) in [4.78, 5) is 12.2. The van der Waals surface area contributed by atoms with Crippen LogP contribution in [0.4, 0.5) is 23.2 Å². The van der Waals surface area contributed by atoms with Gasteiger partial charge in [0.25, 0.3) is 0 Å². The molecule has 2 heterocycles. The van der Waals surface area contributed by atoms with Crippen molar-refractivity contribution < 1.29 is 17.6 Å². The first-order chi connectivity index (χ1) is 14.3. The van der Waals surface area contributed by atoms with Crippen LogP contribution in [-0.4, -0.2) is 62.2 Å². The molecule has 0 radical (unpaired) electrons. The van der Waals surface area contributed by atoms with Crippen molar-refractivity contribution in [3.63, 3.8) is 0 Å². The average molecular weight is 445 g/mol. The Kier molecular flexibility index (Phi) is 7.48. The van der Waals surface area contributed by atoms with Crippen LogP contribution in [0.1, 0.15) is 10.7 Å². The minimum absolute atomic E-state index is 0.177. The highest BCUT2D eigenvalue weighted by Crippen LogP contribution is 2.29. The van der Waals surface area contributed by atoms with Gasteiger partial charge in [-0.15, -0.1) is 11.3 Å². The number of nitrogens with one attached hydrogen (secondary N) is 2. The normalized spacial score (nSPS) is 16.0. The molecule has 0 atom stereocenters. The lowest BCUT2D eigenvalue weighted by Crippen LogP contribution is -2.49. The van der Waals surface area contributed by atoms with E-state index in [4.69, 9.17) is 0 Å². The maximum Gasteiger partial charge on any atom is 0.434 e. The summed E-state index contributed by atoms with van der Waals surface area (Å²) in [5.74, 6) is 0.282. The van der Waals surface area contributed by atoms with Crippen LogP contribution in [0.25, 0.3) is 0 Å². The molecule has 6 nitrogen and oxygen atoms in total. The van der Waals surface area contributed by atoms with Crippen molar-refractivity contribution in [1.82, 2.24) is 20.5 Å². The van der Waals surface area contributed by atoms with E-state index in [0.717, 1.165) is 55.1 Å². The summed E-state index contributed by atoms with van der Waals surface area (Å²) < 4.78 is 50.9. The second-order valence-corrected chi connectivity index (χ2v) is 7.72. The third-order valence-electron chi connectivity index (χ3n) is 4.76. The van der Waals surface area contributed by atoms with Gasteiger partial charge in [0, 0.05) is 57.4 Å². The van der Waals surface area contributed by atoms with Gasteiger partial charge in [-0.05, 0) is 24.3 Å². The Morgan fingerprint density at radius 3 is 2.43 bits per heavy atom. The van der Waals surface area contributed by atoms with Gasteiger partial charge in [0.1, 0.15) is 10.8 Å². The Morgan fingerprint density at radius 2 is 1.83 bits per heavy atom. The van der Waals surface area contributed by atoms with E-state index in [1.54, 1.807) is 19.2 Å². The van der Waals surface area contributed by atoms with Crippen molar-refractivity contribution in [3.05, 3.63) is 46.2 Å². The first-order valence-electron chi connectivity index (χ1n) is 9.54. The van der Waals surface area contributed by atoms with Crippen LogP contribution < -0.4 is 15.5 Å². The van der Waals surface area contributed by atoms with E-state index in [-0.39, 0.29) is 12.4 Å². The number of hydrogen-bond acceptors (Lipinski definition) is 5. The number of anilines is 1. The molecule has 11 heteroatoms. The lowest BCUT2D eigenvalue weighted by atomic mass is 10.2. The third kappa shape index (κ3) is 6.30. The molecule has 0 aliphatic carbocycles. The summed E-state index contributed by atoms with van der Waals surface area (Å²) in [5.41, 5.74) is 0.154. The maximum absolute atomic E-state index is 13.1. The molecule has 0 spiro atoms. The number of piperazine rings is 1. The van der Waals surface area contributed by atoms with Gasteiger partial charge in [0.2, 0.25) is 0 Å². The Bertz CT molecular complexity index is 828. The monoisotopic (exact) mass is 444 g/mol. The Morgan fingerprint density at radius 1 is 1.13 bits per heavy atom. The molecule has 0 saturated carbocycles. The molecule has 164 valence electrons. The first-order valence-corrected chi connectivity index (χ1v) is 10.4. The van der Waals surface area contributed by atoms with E-state index in [2.05, 4.69) is 30.4 Å². The molecule has 0 amide bonds. The van der Waals surface area contributed by atoms with E-state index < -0.39 is 11.9 Å². The van der Waals surface area contributed by atoms with E-state index in [1.165, 1.54) is 12.1 Å². The SMILES string of the molecule is CN=C(NCCN1CCN(c2ccc(F)cc2)CC1)NCc1nc(C(F)(F)F)cs1. The number of alkyl halides is 3. The van der Waals surface area contributed by atoms with Gasteiger partial charge in [-0.2, -0.15) is 13.2 Å². The zero-order valence-electron chi connectivity index (χ0n) is 16.5. The van der Waals surface area contributed by atoms with Crippen LogP contribution in [0.3, 0.4) is 0 Å². The minimum Gasteiger partial charge on any atom is -0.369 e. The van der Waals surface area contributed by atoms with Crippen molar-refractivity contribution >= 4 is 23.0 Å². The fraction of sp³-hybridized carbons (Fsp3) is 0.474. The molecule has 1 saturated heterocycles. The highest BCUT2D eigenvalue weighted by Gasteiger charge is 2.33. The number of aliphatic imine (C=N–C) groups is 1. The second kappa shape index (κ2) is 10.1. The predicted octanol–water partition coefficient (Wildman–Crippen LogP) is 2.79. The van der Waals surface area contributed by atoms with E-state index in [9.17, 15) is 17.6 Å². The molecular weight excluding hydrogens is 420 g/mol. The van der Waals surface area contributed by atoms with Gasteiger partial charge in [-0.25, -0.2) is 9.37 Å². The minimum atomic E-state index is -4.42. The number of guanidine groups is 1. The number of nitrogens with zero attached hydrogens (tertiary/aromatic N) is 4. The van der Waals surface area contributed by atoms with E-state index in [1.807, 2.05) is 0 Å². The molecule has 30 heavy (non-hydrogen) atoms. The van der Waals surface area contributed by atoms with Crippen LogP contribution in [-0.2, 0) is 12.7 Å². The van der Waals surface area contributed by atoms with Gasteiger partial charge in [-0.1, -0.05) is 0 Å². The Balaban J connectivity index is 1.36. The lowest BCUT2D eigenvalue weighted by molar-refractivity contribution is -0.140. The largest absolute Gasteiger partial charge is 0.434 e. The summed E-state index contributed by atoms with van der Waals surface area (Å²) in [5, 5.41) is 7.52. The molecule has 1 aliphatic heterocycles. The van der Waals surface area contributed by atoms with Crippen LogP contribution >= 0.6 is 11.3 Å². The average Bonchev–Trinajstić information content (AvgIpc) is 3.21. The van der Waals surface area contributed by atoms with Crippen LogP contribution in [0.15, 0.2) is 34.6 Å². The van der Waals surface area contributed by atoms with Crippen LogP contribution in [0.2, 0.25) is 0 Å². The third-order valence-corrected chi connectivity index (χ3v) is 5.61. The smallest absolute Gasteiger partial charge is 0.369 e. The molecule has 1 aromatic heterocycles. The molecule has 1 aromatic carbocycles. The topological polar surface area (TPSA) is 55.8 Å². The van der Waals surface area contributed by atoms with Crippen molar-refractivity contribution in [1.29, 1.82) is 0 Å². The van der Waals surface area contributed by atoms with Crippen molar-refractivity contribution in [2.24, 2.45) is 4.99 Å². The number of halogens is 4. The fourth-order valence-corrected chi connectivity index (χ4v) is 3.86. The summed E-state index contributed by atoms with van der Waals surface area (Å²) in [6.07, 6.45) is -4.42. The number of aromatic nitrogens is 1. The second-order valence-electron chi connectivity index (χ2n) is 6.78. The van der Waals surface area contributed by atoms with Gasteiger partial charge < -0.3 is 15.5 Å². The van der Waals surface area contributed by atoms with E-state index in [0.29, 0.717) is 17.5 Å². The number of benzene rings is 1. The van der Waals surface area contributed by atoms with Crippen molar-refractivity contribution in [2.45, 2.75) is 12.7 Å². The standard InChI is InChI=1S/C19H24F4N6S/c1-24-18(26-12-17-27-16(13-30-17)19(21,22)23)25-6-7-28-8-10-29(11-9-28)15-4-2-14(20)3-5-15/h2-5,13H,6-12H2,1H3,(H2,24,25,26). The Hall–Kier alpha value is -2.40. The molecule has 3 rings (SSSR count). The fourth-order valence-electron chi connectivity index (χ4n) is 3.12. The lowest BCUT2D eigenvalue weighted by Gasteiger charge is -2.36. The highest BCUT2D eigenvalue weighted by molar-refractivity contribution is 7.09. The zero-order valence-corrected chi connectivity index (χ0v) is 17.4. The highest BCUT2D eigenvalue weighted by atomic mass is 32.1. The van der Waals surface area contributed by atoms with Gasteiger partial charge >= 0.3 is 6.18 Å². The molecule has 2 N–H and O–H groups in total. The van der Waals surface area contributed by atoms with Crippen molar-refractivity contribution in [3.8, 4) is 0 Å². The number of hydrogen-bond donors (Lipinski definition) is 2. The van der Waals surface area contributed by atoms with Crippen LogP contribution in [0, 0.1) is 5.82 Å². The molecular formula is C19H24F4N6S. The summed E-state index contributed by atoms with van der Waals surface area (Å²) >= 11 is 0.964. The summed E-state index contributed by atoms with van der Waals surface area (Å²) in [6, 6.07) is 6.53. The summed E-state index contributed by atoms with van der Waals surface area (Å²) in [6.45, 7) is 5.16. The van der Waals surface area contributed by atoms with Gasteiger partial charge in [-0.3, -0.25) is 9.89 Å². The van der Waals surface area contributed by atoms with Gasteiger partial charge in [0.05, 0.1) is 6.54 Å². The predicted molar refractivity (Wildman–Crippen MR) is 110 cm³/mol. The molecule has 2 aromatic rings. The van der Waals surface area contributed by atoms with E-state index >= 15 is 0 Å². The van der Waals surface area contributed by atoms with Gasteiger partial charge in [0.15, 0.2) is 11.7 Å².